The summed E-state index contributed by atoms with van der Waals surface area (Å²) in [6.07, 6.45) is 5.25. The van der Waals surface area contributed by atoms with E-state index in [0.717, 1.165) is 17.2 Å². The number of carbonyl (C=O) groups excluding carboxylic acids is 1. The van der Waals surface area contributed by atoms with Gasteiger partial charge in [0.15, 0.2) is 0 Å². The van der Waals surface area contributed by atoms with Crippen molar-refractivity contribution < 1.29 is 4.79 Å². The van der Waals surface area contributed by atoms with Crippen LogP contribution in [0.3, 0.4) is 0 Å². The number of hydrogen-bond acceptors (Lipinski definition) is 3. The second-order valence-corrected chi connectivity index (χ2v) is 3.27. The number of rotatable bonds is 3. The Kier molecular flexibility index (Phi) is 2.45. The Balaban J connectivity index is 2.50. The lowest BCUT2D eigenvalue weighted by atomic mass is 10.1. The Bertz CT molecular complexity index is 466. The summed E-state index contributed by atoms with van der Waals surface area (Å²) in [6.45, 7) is 0. The number of carbonyl (C=O) groups is 1. The van der Waals surface area contributed by atoms with Gasteiger partial charge < -0.3 is 9.78 Å². The number of aryl methyl sites for hydroxylation is 1. The molecule has 0 bridgehead atoms. The lowest BCUT2D eigenvalue weighted by Crippen LogP contribution is -1.86. The van der Waals surface area contributed by atoms with Crippen molar-refractivity contribution in [2.45, 2.75) is 12.8 Å². The number of halogens is 1. The maximum Gasteiger partial charge on any atom is 0.142 e. The molecule has 0 aliphatic rings. The smallest absolute Gasteiger partial charge is 0.142 e. The van der Waals surface area contributed by atoms with Gasteiger partial charge in [-0.15, -0.1) is 0 Å². The fraction of sp³-hybridized carbons (Fsp3) is 0.222. The molecule has 0 saturated heterocycles. The second-order valence-electron chi connectivity index (χ2n) is 2.91. The summed E-state index contributed by atoms with van der Waals surface area (Å²) >= 11 is 5.92. The molecule has 2 heterocycles. The van der Waals surface area contributed by atoms with E-state index >= 15 is 0 Å². The molecule has 0 radical (unpaired) electrons. The van der Waals surface area contributed by atoms with Crippen LogP contribution in [0, 0.1) is 0 Å². The molecule has 0 aliphatic carbocycles. The number of aldehydes is 1. The molecule has 0 atom stereocenters. The van der Waals surface area contributed by atoms with E-state index in [1.165, 1.54) is 6.33 Å². The van der Waals surface area contributed by atoms with Crippen LogP contribution < -0.4 is 0 Å². The molecule has 0 aromatic carbocycles. The van der Waals surface area contributed by atoms with E-state index in [1.807, 2.05) is 6.20 Å². The summed E-state index contributed by atoms with van der Waals surface area (Å²) in [7, 11) is 0. The van der Waals surface area contributed by atoms with Crippen LogP contribution in [-0.4, -0.2) is 21.2 Å². The Hall–Kier alpha value is -1.42. The summed E-state index contributed by atoms with van der Waals surface area (Å²) in [5.74, 6) is 0. The summed E-state index contributed by atoms with van der Waals surface area (Å²) in [4.78, 5) is 21.2. The Morgan fingerprint density at radius 3 is 3.14 bits per heavy atom. The molecule has 2 aromatic rings. The van der Waals surface area contributed by atoms with E-state index in [9.17, 15) is 4.79 Å². The summed E-state index contributed by atoms with van der Waals surface area (Å²) in [6, 6.07) is 0. The van der Waals surface area contributed by atoms with Crippen molar-refractivity contribution >= 4 is 28.9 Å². The first-order valence-corrected chi connectivity index (χ1v) is 4.61. The van der Waals surface area contributed by atoms with Gasteiger partial charge in [0.25, 0.3) is 0 Å². The van der Waals surface area contributed by atoms with Gasteiger partial charge in [0.05, 0.1) is 5.39 Å². The number of aromatic nitrogens is 3. The highest BCUT2D eigenvalue weighted by Gasteiger charge is 2.08. The minimum atomic E-state index is 0.428. The molecule has 0 unspecified atom stereocenters. The zero-order valence-corrected chi connectivity index (χ0v) is 8.08. The van der Waals surface area contributed by atoms with Crippen LogP contribution in [-0.2, 0) is 11.2 Å². The average Bonchev–Trinajstić information content (AvgIpc) is 2.59. The van der Waals surface area contributed by atoms with Gasteiger partial charge in [-0.3, -0.25) is 0 Å². The van der Waals surface area contributed by atoms with Crippen molar-refractivity contribution in [1.29, 1.82) is 0 Å². The molecule has 4 nitrogen and oxygen atoms in total. The molecule has 2 aromatic heterocycles. The second kappa shape index (κ2) is 3.75. The highest BCUT2D eigenvalue weighted by molar-refractivity contribution is 6.34. The molecule has 0 spiro atoms. The van der Waals surface area contributed by atoms with Gasteiger partial charge in [-0.25, -0.2) is 9.97 Å². The predicted molar refractivity (Wildman–Crippen MR) is 53.3 cm³/mol. The summed E-state index contributed by atoms with van der Waals surface area (Å²) in [5.41, 5.74) is 1.70. The third-order valence-electron chi connectivity index (χ3n) is 2.04. The third kappa shape index (κ3) is 1.48. The van der Waals surface area contributed by atoms with Crippen molar-refractivity contribution in [2.75, 3.05) is 0 Å². The fourth-order valence-corrected chi connectivity index (χ4v) is 1.65. The number of nitrogens with one attached hydrogen (secondary N) is 1. The van der Waals surface area contributed by atoms with Gasteiger partial charge in [-0.2, -0.15) is 0 Å². The standard InChI is InChI=1S/C9H8ClN3O/c10-8-7-6(2-1-3-14)4-11-9(7)13-5-12-8/h3-5H,1-2H2,(H,11,12,13). The highest BCUT2D eigenvalue weighted by Crippen LogP contribution is 2.23. The van der Waals surface area contributed by atoms with Crippen molar-refractivity contribution in [3.8, 4) is 0 Å². The molecule has 72 valence electrons. The first-order valence-electron chi connectivity index (χ1n) is 4.23. The maximum atomic E-state index is 10.2. The zero-order chi connectivity index (χ0) is 9.97. The Labute approximate surface area is 85.3 Å². The monoisotopic (exact) mass is 209 g/mol. The molecule has 0 fully saturated rings. The topological polar surface area (TPSA) is 58.6 Å². The Morgan fingerprint density at radius 2 is 2.36 bits per heavy atom. The predicted octanol–water partition coefficient (Wildman–Crippen LogP) is 1.74. The van der Waals surface area contributed by atoms with E-state index in [0.29, 0.717) is 23.6 Å². The molecule has 2 rings (SSSR count). The van der Waals surface area contributed by atoms with Crippen LogP contribution in [0.4, 0.5) is 0 Å². The molecule has 0 amide bonds. The number of aromatic amines is 1. The molecule has 5 heteroatoms. The van der Waals surface area contributed by atoms with Crippen molar-refractivity contribution in [3.05, 3.63) is 23.2 Å². The van der Waals surface area contributed by atoms with Gasteiger partial charge in [0.1, 0.15) is 23.4 Å². The van der Waals surface area contributed by atoms with Crippen LogP contribution in [0.25, 0.3) is 11.0 Å². The summed E-state index contributed by atoms with van der Waals surface area (Å²) in [5, 5.41) is 1.24. The first kappa shape index (κ1) is 9.15. The van der Waals surface area contributed by atoms with Crippen LogP contribution >= 0.6 is 11.6 Å². The van der Waals surface area contributed by atoms with E-state index < -0.39 is 0 Å². The molecule has 0 saturated carbocycles. The number of hydrogen-bond donors (Lipinski definition) is 1. The molecular weight excluding hydrogens is 202 g/mol. The van der Waals surface area contributed by atoms with Crippen molar-refractivity contribution in [1.82, 2.24) is 15.0 Å². The maximum absolute atomic E-state index is 10.2. The lowest BCUT2D eigenvalue weighted by molar-refractivity contribution is -0.107. The van der Waals surface area contributed by atoms with Gasteiger partial charge in [0.2, 0.25) is 0 Å². The number of H-pyrrole nitrogens is 1. The third-order valence-corrected chi connectivity index (χ3v) is 2.32. The number of fused-ring (bicyclic) bond motifs is 1. The largest absolute Gasteiger partial charge is 0.346 e. The quantitative estimate of drug-likeness (QED) is 0.619. The number of nitrogens with zero attached hydrogens (tertiary/aromatic N) is 2. The minimum Gasteiger partial charge on any atom is -0.346 e. The van der Waals surface area contributed by atoms with Gasteiger partial charge in [0, 0.05) is 12.6 Å². The summed E-state index contributed by atoms with van der Waals surface area (Å²) < 4.78 is 0. The Morgan fingerprint density at radius 1 is 1.50 bits per heavy atom. The SMILES string of the molecule is O=CCCc1c[nH]c2ncnc(Cl)c12. The van der Waals surface area contributed by atoms with E-state index in [-0.39, 0.29) is 0 Å². The van der Waals surface area contributed by atoms with E-state index in [1.54, 1.807) is 0 Å². The lowest BCUT2D eigenvalue weighted by Gasteiger charge is -1.95. The van der Waals surface area contributed by atoms with Crippen molar-refractivity contribution in [2.24, 2.45) is 0 Å². The molecular formula is C9H8ClN3O. The van der Waals surface area contributed by atoms with Gasteiger partial charge in [-0.1, -0.05) is 11.6 Å². The zero-order valence-electron chi connectivity index (χ0n) is 7.33. The van der Waals surface area contributed by atoms with Crippen LogP contribution in [0.5, 0.6) is 0 Å². The van der Waals surface area contributed by atoms with Crippen LogP contribution in [0.15, 0.2) is 12.5 Å². The van der Waals surface area contributed by atoms with E-state index in [4.69, 9.17) is 11.6 Å². The fourth-order valence-electron chi connectivity index (χ4n) is 1.40. The molecule has 0 aliphatic heterocycles. The van der Waals surface area contributed by atoms with Crippen molar-refractivity contribution in [3.63, 3.8) is 0 Å². The van der Waals surface area contributed by atoms with Gasteiger partial charge in [-0.05, 0) is 12.0 Å². The average molecular weight is 210 g/mol. The molecule has 14 heavy (non-hydrogen) atoms. The highest BCUT2D eigenvalue weighted by atomic mass is 35.5. The minimum absolute atomic E-state index is 0.428. The normalized spacial score (nSPS) is 10.6. The van der Waals surface area contributed by atoms with Crippen LogP contribution in [0.1, 0.15) is 12.0 Å². The van der Waals surface area contributed by atoms with E-state index in [2.05, 4.69) is 15.0 Å². The van der Waals surface area contributed by atoms with Gasteiger partial charge >= 0.3 is 0 Å². The first-order chi connectivity index (χ1) is 6.83. The molecule has 1 N–H and O–H groups in total. The van der Waals surface area contributed by atoms with Crippen LogP contribution in [0.2, 0.25) is 5.15 Å².